The Morgan fingerprint density at radius 2 is 2.29 bits per heavy atom. The van der Waals surface area contributed by atoms with E-state index < -0.39 is 0 Å². The molecule has 68 valence electrons. The summed E-state index contributed by atoms with van der Waals surface area (Å²) >= 11 is 0. The van der Waals surface area contributed by atoms with E-state index in [1.54, 1.807) is 6.20 Å². The third-order valence-corrected chi connectivity index (χ3v) is 2.00. The number of aliphatic imine (C=N–C) groups is 1. The molecule has 2 rings (SSSR count). The number of benzene rings is 1. The van der Waals surface area contributed by atoms with Crippen molar-refractivity contribution in [2.24, 2.45) is 4.99 Å². The zero-order chi connectivity index (χ0) is 9.80. The summed E-state index contributed by atoms with van der Waals surface area (Å²) in [5.74, 6) is 0. The molecule has 0 amide bonds. The van der Waals surface area contributed by atoms with Gasteiger partial charge in [-0.25, -0.2) is 9.79 Å². The summed E-state index contributed by atoms with van der Waals surface area (Å²) in [4.78, 5) is 17.7. The molecule has 14 heavy (non-hydrogen) atoms. The zero-order valence-electron chi connectivity index (χ0n) is 7.47. The lowest BCUT2D eigenvalue weighted by molar-refractivity contribution is 0.563. The number of rotatable bonds is 2. The summed E-state index contributed by atoms with van der Waals surface area (Å²) in [7, 11) is 0. The maximum atomic E-state index is 9.93. The van der Waals surface area contributed by atoms with Crippen molar-refractivity contribution in [2.75, 3.05) is 0 Å². The number of aromatic nitrogens is 1. The van der Waals surface area contributed by atoms with Gasteiger partial charge < -0.3 is 0 Å². The summed E-state index contributed by atoms with van der Waals surface area (Å²) in [6.07, 6.45) is 3.26. The van der Waals surface area contributed by atoms with Crippen molar-refractivity contribution in [2.45, 2.75) is 6.54 Å². The van der Waals surface area contributed by atoms with Crippen LogP contribution in [-0.2, 0) is 11.3 Å². The van der Waals surface area contributed by atoms with Gasteiger partial charge in [-0.15, -0.1) is 0 Å². The van der Waals surface area contributed by atoms with Crippen molar-refractivity contribution in [3.63, 3.8) is 0 Å². The van der Waals surface area contributed by atoms with Gasteiger partial charge in [-0.1, -0.05) is 18.2 Å². The second-order valence-corrected chi connectivity index (χ2v) is 2.94. The van der Waals surface area contributed by atoms with Crippen LogP contribution in [0.4, 0.5) is 0 Å². The molecule has 0 radical (unpaired) electrons. The Morgan fingerprint density at radius 3 is 3.14 bits per heavy atom. The number of carbonyl (C=O) groups excluding carboxylic acids is 1. The average molecular weight is 184 g/mol. The standard InChI is InChI=1S/C11H8N2O/c14-8-12-7-9-3-4-10-2-1-5-13-11(10)6-9/h1-6H,7H2. The summed E-state index contributed by atoms with van der Waals surface area (Å²) in [5.41, 5.74) is 1.89. The molecule has 0 spiro atoms. The smallest absolute Gasteiger partial charge is 0.235 e. The van der Waals surface area contributed by atoms with E-state index in [9.17, 15) is 4.79 Å². The van der Waals surface area contributed by atoms with E-state index >= 15 is 0 Å². The molecule has 0 aliphatic rings. The third kappa shape index (κ3) is 1.68. The van der Waals surface area contributed by atoms with Gasteiger partial charge in [0.1, 0.15) is 0 Å². The minimum absolute atomic E-state index is 0.371. The topological polar surface area (TPSA) is 42.3 Å². The molecule has 3 nitrogen and oxygen atoms in total. The van der Waals surface area contributed by atoms with Gasteiger partial charge in [0.25, 0.3) is 0 Å². The molecule has 0 aliphatic heterocycles. The first-order valence-corrected chi connectivity index (χ1v) is 4.27. The molecule has 1 aromatic heterocycles. The lowest BCUT2D eigenvalue weighted by Crippen LogP contribution is -1.83. The van der Waals surface area contributed by atoms with Crippen LogP contribution in [0.15, 0.2) is 41.5 Å². The van der Waals surface area contributed by atoms with E-state index in [4.69, 9.17) is 0 Å². The van der Waals surface area contributed by atoms with Gasteiger partial charge >= 0.3 is 0 Å². The minimum atomic E-state index is 0.371. The number of isocyanates is 1. The van der Waals surface area contributed by atoms with Crippen molar-refractivity contribution in [1.29, 1.82) is 0 Å². The molecule has 0 aliphatic carbocycles. The molecule has 0 saturated carbocycles. The molecule has 3 heteroatoms. The average Bonchev–Trinajstić information content (AvgIpc) is 2.26. The fourth-order valence-electron chi connectivity index (χ4n) is 1.33. The summed E-state index contributed by atoms with van der Waals surface area (Å²) < 4.78 is 0. The lowest BCUT2D eigenvalue weighted by atomic mass is 10.1. The predicted molar refractivity (Wildman–Crippen MR) is 53.6 cm³/mol. The monoisotopic (exact) mass is 184 g/mol. The van der Waals surface area contributed by atoms with Crippen LogP contribution >= 0.6 is 0 Å². The van der Waals surface area contributed by atoms with Crippen LogP contribution in [0.5, 0.6) is 0 Å². The summed E-state index contributed by atoms with van der Waals surface area (Å²) in [6.45, 7) is 0.371. The zero-order valence-corrected chi connectivity index (χ0v) is 7.47. The number of fused-ring (bicyclic) bond motifs is 1. The fraction of sp³-hybridized carbons (Fsp3) is 0.0909. The number of hydrogen-bond donors (Lipinski definition) is 0. The van der Waals surface area contributed by atoms with E-state index in [2.05, 4.69) is 9.98 Å². The molecular weight excluding hydrogens is 176 g/mol. The highest BCUT2D eigenvalue weighted by Gasteiger charge is 1.95. The Labute approximate surface area is 81.1 Å². The van der Waals surface area contributed by atoms with Gasteiger partial charge in [-0.3, -0.25) is 4.98 Å². The molecule has 0 atom stereocenters. The van der Waals surface area contributed by atoms with Crippen LogP contribution in [-0.4, -0.2) is 11.1 Å². The first kappa shape index (κ1) is 8.60. The molecule has 1 aromatic carbocycles. The molecule has 0 N–H and O–H groups in total. The Bertz CT molecular complexity index is 501. The second-order valence-electron chi connectivity index (χ2n) is 2.94. The Balaban J connectivity index is 2.45. The van der Waals surface area contributed by atoms with Gasteiger partial charge in [0, 0.05) is 11.6 Å². The van der Waals surface area contributed by atoms with Crippen LogP contribution < -0.4 is 0 Å². The van der Waals surface area contributed by atoms with Gasteiger partial charge in [-0.05, 0) is 17.7 Å². The number of hydrogen-bond acceptors (Lipinski definition) is 3. The van der Waals surface area contributed by atoms with Crippen molar-refractivity contribution in [1.82, 2.24) is 4.98 Å². The van der Waals surface area contributed by atoms with Crippen LogP contribution in [0.1, 0.15) is 5.56 Å². The molecule has 2 aromatic rings. The number of pyridine rings is 1. The normalized spacial score (nSPS) is 9.71. The minimum Gasteiger partial charge on any atom is -0.256 e. The highest BCUT2D eigenvalue weighted by molar-refractivity contribution is 5.78. The number of nitrogens with zero attached hydrogens (tertiary/aromatic N) is 2. The van der Waals surface area contributed by atoms with Gasteiger partial charge in [0.2, 0.25) is 6.08 Å². The summed E-state index contributed by atoms with van der Waals surface area (Å²) in [6, 6.07) is 9.72. The fourth-order valence-corrected chi connectivity index (χ4v) is 1.33. The van der Waals surface area contributed by atoms with Crippen LogP contribution in [0.2, 0.25) is 0 Å². The largest absolute Gasteiger partial charge is 0.256 e. The highest BCUT2D eigenvalue weighted by atomic mass is 16.1. The molecule has 0 unspecified atom stereocenters. The van der Waals surface area contributed by atoms with E-state index in [1.807, 2.05) is 30.3 Å². The van der Waals surface area contributed by atoms with Gasteiger partial charge in [0.15, 0.2) is 0 Å². The maximum Gasteiger partial charge on any atom is 0.235 e. The van der Waals surface area contributed by atoms with Gasteiger partial charge in [0.05, 0.1) is 12.1 Å². The van der Waals surface area contributed by atoms with E-state index in [0.717, 1.165) is 16.5 Å². The van der Waals surface area contributed by atoms with E-state index in [1.165, 1.54) is 6.08 Å². The van der Waals surface area contributed by atoms with Crippen molar-refractivity contribution in [3.05, 3.63) is 42.1 Å². The van der Waals surface area contributed by atoms with E-state index in [-0.39, 0.29) is 0 Å². The van der Waals surface area contributed by atoms with E-state index in [0.29, 0.717) is 6.54 Å². The molecule has 0 saturated heterocycles. The van der Waals surface area contributed by atoms with Crippen LogP contribution in [0, 0.1) is 0 Å². The SMILES string of the molecule is O=C=NCc1ccc2cccnc2c1. The first-order valence-electron chi connectivity index (χ1n) is 4.27. The first-order chi connectivity index (χ1) is 6.90. The van der Waals surface area contributed by atoms with Crippen LogP contribution in [0.25, 0.3) is 10.9 Å². The quantitative estimate of drug-likeness (QED) is 0.529. The molecule has 0 fully saturated rings. The predicted octanol–water partition coefficient (Wildman–Crippen LogP) is 2.07. The second kappa shape index (κ2) is 3.81. The molecule has 1 heterocycles. The Kier molecular flexibility index (Phi) is 2.34. The van der Waals surface area contributed by atoms with Crippen molar-refractivity contribution in [3.8, 4) is 0 Å². The van der Waals surface area contributed by atoms with Crippen LogP contribution in [0.3, 0.4) is 0 Å². The lowest BCUT2D eigenvalue weighted by Gasteiger charge is -1.98. The highest BCUT2D eigenvalue weighted by Crippen LogP contribution is 2.13. The Morgan fingerprint density at radius 1 is 1.36 bits per heavy atom. The van der Waals surface area contributed by atoms with Crippen molar-refractivity contribution >= 4 is 17.0 Å². The summed E-state index contributed by atoms with van der Waals surface area (Å²) in [5, 5.41) is 1.09. The molecular formula is C11H8N2O. The maximum absolute atomic E-state index is 9.93. The Hall–Kier alpha value is -1.99. The van der Waals surface area contributed by atoms with Crippen molar-refractivity contribution < 1.29 is 4.79 Å². The molecule has 0 bridgehead atoms. The third-order valence-electron chi connectivity index (χ3n) is 2.00. The van der Waals surface area contributed by atoms with Gasteiger partial charge in [-0.2, -0.15) is 0 Å².